The monoisotopic (exact) mass is 487 g/mol. The molecule has 1 aliphatic heterocycles. The molecule has 1 saturated heterocycles. The first-order valence-corrected chi connectivity index (χ1v) is 12.8. The molecule has 2 atom stereocenters. The Labute approximate surface area is 206 Å². The summed E-state index contributed by atoms with van der Waals surface area (Å²) >= 11 is 0. The van der Waals surface area contributed by atoms with Crippen molar-refractivity contribution in [3.8, 4) is 0 Å². The number of nitrogens with one attached hydrogen (secondary N) is 1. The number of aromatic nitrogens is 1. The van der Waals surface area contributed by atoms with E-state index in [4.69, 9.17) is 13.9 Å². The van der Waals surface area contributed by atoms with Crippen molar-refractivity contribution in [2.45, 2.75) is 64.0 Å². The van der Waals surface area contributed by atoms with Crippen molar-refractivity contribution < 1.29 is 28.6 Å². The van der Waals surface area contributed by atoms with Gasteiger partial charge < -0.3 is 29.2 Å². The highest BCUT2D eigenvalue weighted by Crippen LogP contribution is 2.38. The van der Waals surface area contributed by atoms with E-state index < -0.39 is 18.2 Å². The maximum atomic E-state index is 12.2. The molecule has 2 saturated carbocycles. The molecule has 0 spiro atoms. The number of hydrogen-bond acceptors (Lipinski definition) is 7. The van der Waals surface area contributed by atoms with Gasteiger partial charge in [0.15, 0.2) is 18.3 Å². The number of benzene rings is 1. The standard InChI is InChI=1S/C19H23N3O6.C7H14/c23-15(22-7-9-26-10-8-22)11-27-19(25)21-16(12-5-6-12)17(24)18-20-13-3-1-2-4-14(13)28-18;1-7-5-3-2-4-6-7/h1-4,12,16-17,24H,5-11H2,(H,21,25);7H,2-6H2,1H3. The maximum absolute atomic E-state index is 12.2. The van der Waals surface area contributed by atoms with Crippen LogP contribution >= 0.6 is 0 Å². The predicted octanol–water partition coefficient (Wildman–Crippen LogP) is 3.81. The molecule has 0 bridgehead atoms. The van der Waals surface area contributed by atoms with Gasteiger partial charge in [-0.05, 0) is 36.8 Å². The molecule has 35 heavy (non-hydrogen) atoms. The molecular weight excluding hydrogens is 450 g/mol. The molecule has 2 amide bonds. The third kappa shape index (κ3) is 7.41. The van der Waals surface area contributed by atoms with Crippen LogP contribution in [0, 0.1) is 11.8 Å². The number of alkyl carbamates (subject to hydrolysis) is 1. The number of carbonyl (C=O) groups is 2. The number of para-hydroxylation sites is 2. The third-order valence-electron chi connectivity index (χ3n) is 6.90. The minimum atomic E-state index is -1.10. The summed E-state index contributed by atoms with van der Waals surface area (Å²) < 4.78 is 15.9. The highest BCUT2D eigenvalue weighted by atomic mass is 16.6. The highest BCUT2D eigenvalue weighted by Gasteiger charge is 2.40. The fraction of sp³-hybridized carbons (Fsp3) is 0.654. The van der Waals surface area contributed by atoms with E-state index in [9.17, 15) is 14.7 Å². The lowest BCUT2D eigenvalue weighted by Gasteiger charge is -2.27. The molecule has 2 unspecified atom stereocenters. The summed E-state index contributed by atoms with van der Waals surface area (Å²) in [4.78, 5) is 30.2. The van der Waals surface area contributed by atoms with Crippen molar-refractivity contribution in [2.75, 3.05) is 32.9 Å². The average Bonchev–Trinajstić information content (AvgIpc) is 3.64. The van der Waals surface area contributed by atoms with Crippen LogP contribution in [0.5, 0.6) is 0 Å². The van der Waals surface area contributed by atoms with Gasteiger partial charge in [-0.15, -0.1) is 0 Å². The molecule has 1 aromatic carbocycles. The van der Waals surface area contributed by atoms with Gasteiger partial charge in [0.05, 0.1) is 19.3 Å². The van der Waals surface area contributed by atoms with Gasteiger partial charge in [0, 0.05) is 13.1 Å². The molecule has 3 aliphatic rings. The number of ether oxygens (including phenoxy) is 2. The van der Waals surface area contributed by atoms with Crippen molar-refractivity contribution in [2.24, 2.45) is 11.8 Å². The van der Waals surface area contributed by atoms with Crippen LogP contribution < -0.4 is 5.32 Å². The molecule has 2 heterocycles. The summed E-state index contributed by atoms with van der Waals surface area (Å²) in [6.45, 7) is 3.97. The Morgan fingerprint density at radius 3 is 2.49 bits per heavy atom. The first-order chi connectivity index (χ1) is 17.0. The molecule has 9 heteroatoms. The Hall–Kier alpha value is -2.65. The SMILES string of the molecule is CC1CCCCC1.O=C(NC(C1CC1)C(O)c1nc2ccccc2o1)OCC(=O)N1CCOCC1. The Morgan fingerprint density at radius 1 is 1.14 bits per heavy atom. The van der Waals surface area contributed by atoms with Gasteiger partial charge in [0.25, 0.3) is 5.91 Å². The summed E-state index contributed by atoms with van der Waals surface area (Å²) in [5.74, 6) is 1.05. The summed E-state index contributed by atoms with van der Waals surface area (Å²) in [6, 6.07) is 6.63. The Morgan fingerprint density at radius 2 is 1.86 bits per heavy atom. The van der Waals surface area contributed by atoms with Crippen LogP contribution in [0.25, 0.3) is 11.1 Å². The number of morpholine rings is 1. The number of amides is 2. The van der Waals surface area contributed by atoms with Crippen LogP contribution in [0.4, 0.5) is 4.79 Å². The van der Waals surface area contributed by atoms with Crippen molar-refractivity contribution >= 4 is 23.1 Å². The second kappa shape index (κ2) is 12.4. The molecule has 192 valence electrons. The predicted molar refractivity (Wildman–Crippen MR) is 130 cm³/mol. The van der Waals surface area contributed by atoms with Crippen molar-refractivity contribution in [3.63, 3.8) is 0 Å². The van der Waals surface area contributed by atoms with E-state index >= 15 is 0 Å². The van der Waals surface area contributed by atoms with Crippen molar-refractivity contribution in [3.05, 3.63) is 30.2 Å². The Balaban J connectivity index is 0.000000356. The van der Waals surface area contributed by atoms with E-state index in [0.29, 0.717) is 37.4 Å². The number of hydrogen-bond donors (Lipinski definition) is 2. The van der Waals surface area contributed by atoms with Gasteiger partial charge in [-0.25, -0.2) is 9.78 Å². The Kier molecular flexibility index (Phi) is 8.98. The van der Waals surface area contributed by atoms with Crippen molar-refractivity contribution in [1.82, 2.24) is 15.2 Å². The molecule has 2 aromatic rings. The topological polar surface area (TPSA) is 114 Å². The van der Waals surface area contributed by atoms with Crippen LogP contribution in [0.2, 0.25) is 0 Å². The molecule has 9 nitrogen and oxygen atoms in total. The zero-order chi connectivity index (χ0) is 24.6. The minimum absolute atomic E-state index is 0.118. The van der Waals surface area contributed by atoms with E-state index in [0.717, 1.165) is 18.8 Å². The van der Waals surface area contributed by atoms with Gasteiger partial charge in [-0.3, -0.25) is 4.79 Å². The van der Waals surface area contributed by atoms with Gasteiger partial charge in [-0.2, -0.15) is 0 Å². The molecule has 2 N–H and O–H groups in total. The van der Waals surface area contributed by atoms with Crippen LogP contribution in [0.1, 0.15) is 63.9 Å². The average molecular weight is 488 g/mol. The summed E-state index contributed by atoms with van der Waals surface area (Å²) in [6.07, 6.45) is 7.37. The van der Waals surface area contributed by atoms with Gasteiger partial charge >= 0.3 is 6.09 Å². The van der Waals surface area contributed by atoms with E-state index in [-0.39, 0.29) is 24.3 Å². The van der Waals surface area contributed by atoms with E-state index in [2.05, 4.69) is 17.2 Å². The fourth-order valence-electron chi connectivity index (χ4n) is 4.60. The van der Waals surface area contributed by atoms with E-state index in [1.165, 1.54) is 32.1 Å². The van der Waals surface area contributed by atoms with Crippen LogP contribution in [0.3, 0.4) is 0 Å². The second-order valence-corrected chi connectivity index (χ2v) is 9.78. The number of carbonyl (C=O) groups excluding carboxylic acids is 2. The van der Waals surface area contributed by atoms with Crippen LogP contribution in [0.15, 0.2) is 28.7 Å². The normalized spacial score (nSPS) is 20.5. The van der Waals surface area contributed by atoms with Gasteiger partial charge in [-0.1, -0.05) is 51.2 Å². The number of fused-ring (bicyclic) bond motifs is 1. The lowest BCUT2D eigenvalue weighted by Crippen LogP contribution is -2.45. The third-order valence-corrected chi connectivity index (χ3v) is 6.90. The zero-order valence-electron chi connectivity index (χ0n) is 20.5. The molecule has 2 aliphatic carbocycles. The van der Waals surface area contributed by atoms with E-state index in [1.54, 1.807) is 17.0 Å². The maximum Gasteiger partial charge on any atom is 0.407 e. The number of nitrogens with zero attached hydrogens (tertiary/aromatic N) is 2. The smallest absolute Gasteiger partial charge is 0.407 e. The fourth-order valence-corrected chi connectivity index (χ4v) is 4.60. The number of aliphatic hydroxyl groups is 1. The Bertz CT molecular complexity index is 930. The lowest BCUT2D eigenvalue weighted by molar-refractivity contribution is -0.138. The first-order valence-electron chi connectivity index (χ1n) is 12.8. The largest absolute Gasteiger partial charge is 0.439 e. The molecule has 1 aromatic heterocycles. The van der Waals surface area contributed by atoms with Gasteiger partial charge in [0.1, 0.15) is 5.52 Å². The molecule has 0 radical (unpaired) electrons. The second-order valence-electron chi connectivity index (χ2n) is 9.78. The number of rotatable bonds is 6. The first kappa shape index (κ1) is 25.4. The van der Waals surface area contributed by atoms with Crippen LogP contribution in [-0.2, 0) is 14.3 Å². The zero-order valence-corrected chi connectivity index (χ0v) is 20.5. The van der Waals surface area contributed by atoms with Crippen molar-refractivity contribution in [1.29, 1.82) is 0 Å². The number of oxazole rings is 1. The molecule has 3 fully saturated rings. The molecule has 5 rings (SSSR count). The molecular formula is C26H37N3O6. The van der Waals surface area contributed by atoms with E-state index in [1.807, 2.05) is 12.1 Å². The lowest BCUT2D eigenvalue weighted by atomic mass is 9.91. The van der Waals surface area contributed by atoms with Crippen LogP contribution in [-0.4, -0.2) is 65.9 Å². The minimum Gasteiger partial charge on any atom is -0.439 e. The number of aliphatic hydroxyl groups excluding tert-OH is 1. The highest BCUT2D eigenvalue weighted by molar-refractivity contribution is 5.80. The quantitative estimate of drug-likeness (QED) is 0.637. The summed E-state index contributed by atoms with van der Waals surface area (Å²) in [5.41, 5.74) is 1.22. The summed E-state index contributed by atoms with van der Waals surface area (Å²) in [5, 5.41) is 13.4. The summed E-state index contributed by atoms with van der Waals surface area (Å²) in [7, 11) is 0. The van der Waals surface area contributed by atoms with Gasteiger partial charge in [0.2, 0.25) is 5.89 Å².